The second-order valence-electron chi connectivity index (χ2n) is 12.1. The van der Waals surface area contributed by atoms with Gasteiger partial charge in [-0.15, -0.1) is 0 Å². The van der Waals surface area contributed by atoms with E-state index in [1.165, 1.54) is 56.9 Å². The van der Waals surface area contributed by atoms with Crippen molar-refractivity contribution in [3.05, 3.63) is 11.6 Å². The molecule has 0 spiro atoms. The van der Waals surface area contributed by atoms with Gasteiger partial charge in [-0.25, -0.2) is 0 Å². The Kier molecular flexibility index (Phi) is 5.82. The van der Waals surface area contributed by atoms with Gasteiger partial charge in [-0.05, 0) is 85.5 Å². The fraction of sp³-hybridized carbons (Fsp3) is 0.889. The molecular weight excluding hydrogens is 356 g/mol. The molecule has 0 heterocycles. The van der Waals surface area contributed by atoms with Crippen molar-refractivity contribution in [1.82, 2.24) is 0 Å². The summed E-state index contributed by atoms with van der Waals surface area (Å²) >= 11 is 0. The molecule has 0 aromatic rings. The molecule has 2 nitrogen and oxygen atoms in total. The molecule has 0 amide bonds. The second-order valence-corrected chi connectivity index (χ2v) is 12.1. The summed E-state index contributed by atoms with van der Waals surface area (Å²) in [4.78, 5) is 12.1. The summed E-state index contributed by atoms with van der Waals surface area (Å²) in [5.41, 5.74) is 1.60. The minimum Gasteiger partial charge on any atom is -0.392 e. The Bertz CT molecular complexity index is 663. The quantitative estimate of drug-likeness (QED) is 0.567. The van der Waals surface area contributed by atoms with Crippen LogP contribution in [0.3, 0.4) is 0 Å². The van der Waals surface area contributed by atoms with E-state index in [4.69, 9.17) is 0 Å². The average molecular weight is 401 g/mol. The monoisotopic (exact) mass is 400 g/mol. The third-order valence-electron chi connectivity index (χ3n) is 10.3. The number of fused-ring (bicyclic) bond motifs is 5. The van der Waals surface area contributed by atoms with E-state index in [2.05, 4.69) is 34.6 Å². The highest BCUT2D eigenvalue weighted by atomic mass is 16.3. The standard InChI is InChI=1S/C27H44O2/c1-17(2)7-6-8-18(3)22-11-12-23-21-10-9-19-15-20(28)16-25(29)27(19,5)24(21)13-14-26(22,23)4/h15,17-18,21-25,29H,6-14,16H2,1-5H3/t18-,21+,22-,23+,24+,25+,26-,27+/m1/s1. The van der Waals surface area contributed by atoms with E-state index >= 15 is 0 Å². The smallest absolute Gasteiger partial charge is 0.158 e. The highest BCUT2D eigenvalue weighted by Gasteiger charge is 2.61. The molecule has 3 saturated carbocycles. The van der Waals surface area contributed by atoms with Gasteiger partial charge in [-0.1, -0.05) is 59.5 Å². The third kappa shape index (κ3) is 3.46. The van der Waals surface area contributed by atoms with Crippen molar-refractivity contribution in [1.29, 1.82) is 0 Å². The van der Waals surface area contributed by atoms with Crippen molar-refractivity contribution >= 4 is 5.78 Å². The summed E-state index contributed by atoms with van der Waals surface area (Å²) in [5, 5.41) is 11.0. The van der Waals surface area contributed by atoms with Crippen LogP contribution in [0.1, 0.15) is 98.8 Å². The van der Waals surface area contributed by atoms with Gasteiger partial charge < -0.3 is 5.11 Å². The average Bonchev–Trinajstić information content (AvgIpc) is 3.00. The molecule has 2 heteroatoms. The Labute approximate surface area is 178 Å². The largest absolute Gasteiger partial charge is 0.392 e. The normalized spacial score (nSPS) is 45.4. The number of aliphatic hydroxyl groups excluding tert-OH is 1. The molecule has 0 radical (unpaired) electrons. The fourth-order valence-electron chi connectivity index (χ4n) is 8.63. The summed E-state index contributed by atoms with van der Waals surface area (Å²) in [6.07, 6.45) is 13.5. The molecule has 0 bridgehead atoms. The molecule has 0 saturated heterocycles. The summed E-state index contributed by atoms with van der Waals surface area (Å²) in [5.74, 6) is 4.81. The van der Waals surface area contributed by atoms with Gasteiger partial charge in [-0.3, -0.25) is 4.79 Å². The molecule has 0 aromatic heterocycles. The number of ketones is 1. The fourth-order valence-corrected chi connectivity index (χ4v) is 8.63. The molecule has 0 aliphatic heterocycles. The van der Waals surface area contributed by atoms with E-state index in [0.29, 0.717) is 17.8 Å². The Hall–Kier alpha value is -0.630. The molecule has 4 aliphatic carbocycles. The summed E-state index contributed by atoms with van der Waals surface area (Å²) in [6, 6.07) is 0. The van der Waals surface area contributed by atoms with Crippen molar-refractivity contribution in [2.75, 3.05) is 0 Å². The maximum Gasteiger partial charge on any atom is 0.158 e. The van der Waals surface area contributed by atoms with Crippen molar-refractivity contribution < 1.29 is 9.90 Å². The molecule has 164 valence electrons. The number of hydrogen-bond donors (Lipinski definition) is 1. The Morgan fingerprint density at radius 3 is 2.55 bits per heavy atom. The first-order chi connectivity index (χ1) is 13.7. The third-order valence-corrected chi connectivity index (χ3v) is 10.3. The SMILES string of the molecule is CC(C)CCC[C@@H](C)[C@H]1CC[C@H]2[C@@H]3CCC4=CC(=O)C[C@H](O)[C@]4(C)[C@H]3CC[C@]12C. The lowest BCUT2D eigenvalue weighted by molar-refractivity contribution is -0.128. The minimum absolute atomic E-state index is 0.139. The zero-order valence-electron chi connectivity index (χ0n) is 19.5. The van der Waals surface area contributed by atoms with Crippen LogP contribution in [-0.2, 0) is 4.79 Å². The van der Waals surface area contributed by atoms with Crippen molar-refractivity contribution in [2.24, 2.45) is 46.3 Å². The van der Waals surface area contributed by atoms with Crippen LogP contribution in [0.5, 0.6) is 0 Å². The number of carbonyl (C=O) groups excluding carboxylic acids is 1. The number of hydrogen-bond acceptors (Lipinski definition) is 2. The maximum atomic E-state index is 12.1. The van der Waals surface area contributed by atoms with Gasteiger partial charge in [0.05, 0.1) is 6.10 Å². The van der Waals surface area contributed by atoms with Gasteiger partial charge in [0, 0.05) is 11.8 Å². The van der Waals surface area contributed by atoms with Gasteiger partial charge in [0.2, 0.25) is 0 Å². The second kappa shape index (κ2) is 7.81. The minimum atomic E-state index is -0.473. The zero-order valence-corrected chi connectivity index (χ0v) is 19.5. The van der Waals surface area contributed by atoms with Crippen LogP contribution in [0.4, 0.5) is 0 Å². The molecule has 0 unspecified atom stereocenters. The lowest BCUT2D eigenvalue weighted by atomic mass is 9.46. The first-order valence-corrected chi connectivity index (χ1v) is 12.6. The van der Waals surface area contributed by atoms with E-state index < -0.39 is 6.10 Å². The van der Waals surface area contributed by atoms with E-state index in [-0.39, 0.29) is 11.2 Å². The van der Waals surface area contributed by atoms with E-state index in [0.717, 1.165) is 36.0 Å². The molecule has 0 aromatic carbocycles. The highest BCUT2D eigenvalue weighted by Crippen LogP contribution is 2.67. The van der Waals surface area contributed by atoms with Crippen LogP contribution in [0, 0.1) is 46.3 Å². The molecule has 4 aliphatic rings. The van der Waals surface area contributed by atoms with Crippen LogP contribution in [0.2, 0.25) is 0 Å². The van der Waals surface area contributed by atoms with Crippen LogP contribution >= 0.6 is 0 Å². The van der Waals surface area contributed by atoms with E-state index in [9.17, 15) is 9.90 Å². The van der Waals surface area contributed by atoms with Crippen LogP contribution in [0.15, 0.2) is 11.6 Å². The summed E-state index contributed by atoms with van der Waals surface area (Å²) in [7, 11) is 0. The lowest BCUT2D eigenvalue weighted by Gasteiger charge is -2.59. The molecule has 8 atom stereocenters. The number of carbonyl (C=O) groups is 1. The number of rotatable bonds is 5. The lowest BCUT2D eigenvalue weighted by Crippen LogP contribution is -2.55. The summed E-state index contributed by atoms with van der Waals surface area (Å²) in [6.45, 7) is 12.1. The van der Waals surface area contributed by atoms with Crippen LogP contribution in [0.25, 0.3) is 0 Å². The first kappa shape index (κ1) is 21.6. The predicted molar refractivity (Wildman–Crippen MR) is 119 cm³/mol. The van der Waals surface area contributed by atoms with Gasteiger partial charge in [-0.2, -0.15) is 0 Å². The predicted octanol–water partition coefficient (Wildman–Crippen LogP) is 6.57. The first-order valence-electron chi connectivity index (χ1n) is 12.6. The van der Waals surface area contributed by atoms with Crippen molar-refractivity contribution in [3.8, 4) is 0 Å². The maximum absolute atomic E-state index is 12.1. The van der Waals surface area contributed by atoms with Crippen molar-refractivity contribution in [3.63, 3.8) is 0 Å². The molecular formula is C27H44O2. The Morgan fingerprint density at radius 2 is 1.83 bits per heavy atom. The van der Waals surface area contributed by atoms with Gasteiger partial charge in [0.15, 0.2) is 5.78 Å². The van der Waals surface area contributed by atoms with Crippen LogP contribution in [-0.4, -0.2) is 17.0 Å². The molecule has 1 N–H and O–H groups in total. The number of aliphatic hydroxyl groups is 1. The highest BCUT2D eigenvalue weighted by molar-refractivity contribution is 5.92. The van der Waals surface area contributed by atoms with E-state index in [1.807, 2.05) is 6.08 Å². The Balaban J connectivity index is 1.52. The molecule has 29 heavy (non-hydrogen) atoms. The van der Waals surface area contributed by atoms with Crippen molar-refractivity contribution in [2.45, 2.75) is 105 Å². The zero-order chi connectivity index (χ0) is 21.0. The van der Waals surface area contributed by atoms with Gasteiger partial charge in [0.25, 0.3) is 0 Å². The molecule has 3 fully saturated rings. The summed E-state index contributed by atoms with van der Waals surface area (Å²) < 4.78 is 0. The molecule has 4 rings (SSSR count). The van der Waals surface area contributed by atoms with Gasteiger partial charge in [0.1, 0.15) is 0 Å². The van der Waals surface area contributed by atoms with Crippen LogP contribution < -0.4 is 0 Å². The van der Waals surface area contributed by atoms with E-state index in [1.54, 1.807) is 0 Å². The Morgan fingerprint density at radius 1 is 1.07 bits per heavy atom. The van der Waals surface area contributed by atoms with Gasteiger partial charge >= 0.3 is 0 Å². The topological polar surface area (TPSA) is 37.3 Å².